The Morgan fingerprint density at radius 1 is 1.22 bits per heavy atom. The summed E-state index contributed by atoms with van der Waals surface area (Å²) in [5, 5.41) is 0. The van der Waals surface area contributed by atoms with E-state index in [9.17, 15) is 4.79 Å². The second kappa shape index (κ2) is 7.49. The lowest BCUT2D eigenvalue weighted by atomic mass is 9.95. The zero-order valence-corrected chi connectivity index (χ0v) is 11.0. The van der Waals surface area contributed by atoms with Gasteiger partial charge in [-0.3, -0.25) is 4.79 Å². The van der Waals surface area contributed by atoms with Crippen LogP contribution in [0.3, 0.4) is 0 Å². The Morgan fingerprint density at radius 2 is 1.78 bits per heavy atom. The predicted molar refractivity (Wildman–Crippen MR) is 76.4 cm³/mol. The van der Waals surface area contributed by atoms with E-state index in [1.165, 1.54) is 0 Å². The molecule has 1 aromatic carbocycles. The second-order valence-corrected chi connectivity index (χ2v) is 4.19. The number of nitrogens with zero attached hydrogens (tertiary/aromatic N) is 1. The van der Waals surface area contributed by atoms with Crippen LogP contribution in [0.25, 0.3) is 0 Å². The molecule has 0 unspecified atom stereocenters. The highest BCUT2D eigenvalue weighted by molar-refractivity contribution is 5.84. The minimum atomic E-state index is -0.0777. The molecular weight excluding hydrogens is 222 g/mol. The molecule has 1 aromatic rings. The summed E-state index contributed by atoms with van der Waals surface area (Å²) in [5.74, 6) is 0.0644. The normalized spacial score (nSPS) is 11.6. The highest BCUT2D eigenvalue weighted by atomic mass is 16.2. The van der Waals surface area contributed by atoms with E-state index in [2.05, 4.69) is 13.2 Å². The van der Waals surface area contributed by atoms with Crippen LogP contribution < -0.4 is 0 Å². The summed E-state index contributed by atoms with van der Waals surface area (Å²) in [4.78, 5) is 14.3. The maximum absolute atomic E-state index is 12.5. The lowest BCUT2D eigenvalue weighted by Gasteiger charge is -2.25. The largest absolute Gasteiger partial charge is 0.335 e. The molecule has 96 valence electrons. The Balaban J connectivity index is 2.89. The molecule has 2 heteroatoms. The third-order valence-electron chi connectivity index (χ3n) is 2.92. The van der Waals surface area contributed by atoms with Crippen molar-refractivity contribution in [1.82, 2.24) is 4.90 Å². The van der Waals surface area contributed by atoms with Gasteiger partial charge in [-0.05, 0) is 12.0 Å². The van der Waals surface area contributed by atoms with Gasteiger partial charge in [0.2, 0.25) is 5.91 Å². The Labute approximate surface area is 110 Å². The summed E-state index contributed by atoms with van der Waals surface area (Å²) in [6, 6.07) is 9.91. The van der Waals surface area contributed by atoms with E-state index in [-0.39, 0.29) is 11.8 Å². The number of hydrogen-bond acceptors (Lipinski definition) is 1. The van der Waals surface area contributed by atoms with E-state index in [0.29, 0.717) is 13.1 Å². The van der Waals surface area contributed by atoms with Crippen molar-refractivity contribution >= 4 is 5.91 Å². The Morgan fingerprint density at radius 3 is 2.22 bits per heavy atom. The Bertz CT molecular complexity index is 387. The first kappa shape index (κ1) is 14.2. The molecule has 1 atom stereocenters. The summed E-state index contributed by atoms with van der Waals surface area (Å²) in [6.45, 7) is 10.6. The zero-order valence-electron chi connectivity index (χ0n) is 11.0. The number of carbonyl (C=O) groups is 1. The van der Waals surface area contributed by atoms with Gasteiger partial charge in [0, 0.05) is 13.1 Å². The molecule has 0 fully saturated rings. The van der Waals surface area contributed by atoms with Crippen LogP contribution in [0, 0.1) is 0 Å². The molecule has 0 aliphatic carbocycles. The van der Waals surface area contributed by atoms with Gasteiger partial charge in [0.05, 0.1) is 5.92 Å². The van der Waals surface area contributed by atoms with Gasteiger partial charge in [0.25, 0.3) is 0 Å². The van der Waals surface area contributed by atoms with Crippen molar-refractivity contribution in [2.24, 2.45) is 0 Å². The topological polar surface area (TPSA) is 20.3 Å². The average molecular weight is 243 g/mol. The molecule has 0 N–H and O–H groups in total. The zero-order chi connectivity index (χ0) is 13.4. The summed E-state index contributed by atoms with van der Waals surface area (Å²) in [6.07, 6.45) is 4.30. The minimum absolute atomic E-state index is 0.0777. The Hall–Kier alpha value is -1.83. The van der Waals surface area contributed by atoms with Crippen molar-refractivity contribution in [2.75, 3.05) is 13.1 Å². The fourth-order valence-corrected chi connectivity index (χ4v) is 2.02. The van der Waals surface area contributed by atoms with Gasteiger partial charge in [-0.15, -0.1) is 13.2 Å². The van der Waals surface area contributed by atoms with Crippen molar-refractivity contribution < 1.29 is 4.79 Å². The maximum atomic E-state index is 12.5. The molecule has 0 aliphatic rings. The molecule has 1 rings (SSSR count). The first-order valence-electron chi connectivity index (χ1n) is 6.30. The number of rotatable bonds is 7. The van der Waals surface area contributed by atoms with E-state index in [1.54, 1.807) is 17.1 Å². The van der Waals surface area contributed by atoms with Gasteiger partial charge >= 0.3 is 0 Å². The molecular formula is C16H21NO. The number of hydrogen-bond donors (Lipinski definition) is 0. The molecule has 0 saturated carbocycles. The van der Waals surface area contributed by atoms with Gasteiger partial charge in [-0.25, -0.2) is 0 Å². The lowest BCUT2D eigenvalue weighted by molar-refractivity contribution is -0.131. The molecule has 0 radical (unpaired) electrons. The second-order valence-electron chi connectivity index (χ2n) is 4.19. The Kier molecular flexibility index (Phi) is 5.92. The van der Waals surface area contributed by atoms with Crippen LogP contribution in [0.5, 0.6) is 0 Å². The third-order valence-corrected chi connectivity index (χ3v) is 2.92. The molecule has 2 nitrogen and oxygen atoms in total. The highest BCUT2D eigenvalue weighted by Gasteiger charge is 2.22. The summed E-state index contributed by atoms with van der Waals surface area (Å²) in [5.41, 5.74) is 1.07. The predicted octanol–water partition coefficient (Wildman–Crippen LogP) is 3.38. The van der Waals surface area contributed by atoms with E-state index in [0.717, 1.165) is 12.0 Å². The van der Waals surface area contributed by atoms with Crippen molar-refractivity contribution in [1.29, 1.82) is 0 Å². The molecule has 0 bridgehead atoms. The first-order valence-corrected chi connectivity index (χ1v) is 6.30. The molecule has 0 aromatic heterocycles. The van der Waals surface area contributed by atoms with Crippen LogP contribution >= 0.6 is 0 Å². The molecule has 0 spiro atoms. The number of carbonyl (C=O) groups excluding carboxylic acids is 1. The smallest absolute Gasteiger partial charge is 0.230 e. The van der Waals surface area contributed by atoms with Crippen LogP contribution in [0.4, 0.5) is 0 Å². The van der Waals surface area contributed by atoms with Crippen LogP contribution in [0.15, 0.2) is 55.6 Å². The van der Waals surface area contributed by atoms with Crippen molar-refractivity contribution in [3.63, 3.8) is 0 Å². The molecule has 0 saturated heterocycles. The van der Waals surface area contributed by atoms with Crippen LogP contribution in [0.2, 0.25) is 0 Å². The van der Waals surface area contributed by atoms with E-state index < -0.39 is 0 Å². The van der Waals surface area contributed by atoms with Crippen molar-refractivity contribution in [3.8, 4) is 0 Å². The van der Waals surface area contributed by atoms with Gasteiger partial charge in [-0.2, -0.15) is 0 Å². The maximum Gasteiger partial charge on any atom is 0.230 e. The highest BCUT2D eigenvalue weighted by Crippen LogP contribution is 2.21. The minimum Gasteiger partial charge on any atom is -0.335 e. The summed E-state index contributed by atoms with van der Waals surface area (Å²) < 4.78 is 0. The fourth-order valence-electron chi connectivity index (χ4n) is 2.02. The fraction of sp³-hybridized carbons (Fsp3) is 0.312. The van der Waals surface area contributed by atoms with Crippen molar-refractivity contribution in [3.05, 3.63) is 61.2 Å². The monoisotopic (exact) mass is 243 g/mol. The van der Waals surface area contributed by atoms with Gasteiger partial charge in [0.1, 0.15) is 0 Å². The van der Waals surface area contributed by atoms with Gasteiger partial charge < -0.3 is 4.90 Å². The average Bonchev–Trinajstić information content (AvgIpc) is 2.40. The van der Waals surface area contributed by atoms with E-state index >= 15 is 0 Å². The molecule has 18 heavy (non-hydrogen) atoms. The van der Waals surface area contributed by atoms with E-state index in [4.69, 9.17) is 0 Å². The summed E-state index contributed by atoms with van der Waals surface area (Å²) >= 11 is 0. The van der Waals surface area contributed by atoms with Gasteiger partial charge in [0.15, 0.2) is 0 Å². The summed E-state index contributed by atoms with van der Waals surface area (Å²) in [7, 11) is 0. The van der Waals surface area contributed by atoms with Crippen molar-refractivity contribution in [2.45, 2.75) is 19.3 Å². The number of amides is 1. The molecule has 0 aliphatic heterocycles. The quantitative estimate of drug-likeness (QED) is 0.672. The van der Waals surface area contributed by atoms with Crippen LogP contribution in [-0.2, 0) is 4.79 Å². The number of benzene rings is 1. The third kappa shape index (κ3) is 3.59. The van der Waals surface area contributed by atoms with E-state index in [1.807, 2.05) is 37.3 Å². The standard InChI is InChI=1S/C16H21NO/c1-4-12-17(13-5-2)16(18)15(6-3)14-10-8-7-9-11-14/h4-5,7-11,15H,1-2,6,12-13H2,3H3/t15-/m1/s1. The lowest BCUT2D eigenvalue weighted by Crippen LogP contribution is -2.35. The van der Waals surface area contributed by atoms with Crippen LogP contribution in [0.1, 0.15) is 24.8 Å². The van der Waals surface area contributed by atoms with Crippen LogP contribution in [-0.4, -0.2) is 23.9 Å². The van der Waals surface area contributed by atoms with Gasteiger partial charge in [-0.1, -0.05) is 49.4 Å². The SMILES string of the molecule is C=CCN(CC=C)C(=O)[C@H](CC)c1ccccc1. The first-order chi connectivity index (χ1) is 8.74. The molecule has 1 amide bonds. The molecule has 0 heterocycles.